The molecule has 1 aliphatic heterocycles. The summed E-state index contributed by atoms with van der Waals surface area (Å²) in [5.74, 6) is 2.01. The van der Waals surface area contributed by atoms with Gasteiger partial charge in [-0.2, -0.15) is 0 Å². The van der Waals surface area contributed by atoms with E-state index in [1.54, 1.807) is 18.3 Å². The average Bonchev–Trinajstić information content (AvgIpc) is 2.65. The highest BCUT2D eigenvalue weighted by molar-refractivity contribution is 8.14. The van der Waals surface area contributed by atoms with Crippen LogP contribution in [0.5, 0.6) is 0 Å². The van der Waals surface area contributed by atoms with E-state index < -0.39 is 6.04 Å². The first-order valence-corrected chi connectivity index (χ1v) is 10.1. The molecule has 0 aromatic heterocycles. The Hall–Kier alpha value is -0.0700. The quantitative estimate of drug-likeness (QED) is 0.527. The summed E-state index contributed by atoms with van der Waals surface area (Å²) in [7, 11) is 1.80. The van der Waals surface area contributed by atoms with E-state index in [9.17, 15) is 0 Å². The van der Waals surface area contributed by atoms with Gasteiger partial charge in [-0.15, -0.1) is 0 Å². The summed E-state index contributed by atoms with van der Waals surface area (Å²) in [6.45, 7) is 2.40. The molecule has 0 saturated carbocycles. The molecular formula is C14H21OPS. The maximum Gasteiger partial charge on any atom is 0.0959 e. The van der Waals surface area contributed by atoms with Gasteiger partial charge in [-0.05, 0) is 62.2 Å². The molecule has 1 unspecified atom stereocenters. The normalized spacial score (nSPS) is 40.7. The van der Waals surface area contributed by atoms with Crippen LogP contribution in [0, 0.1) is 5.92 Å². The summed E-state index contributed by atoms with van der Waals surface area (Å²) in [4.78, 5) is 0. The largest absolute Gasteiger partial charge is 0.501 e. The Morgan fingerprint density at radius 1 is 1.41 bits per heavy atom. The standard InChI is InChI=1S/C14H21OPS/c1-15-11-4-5-12-10(9-11)3-6-14-13(12)7-8-16(14,2)17/h4,13-14H,3,5-9H2,1-2H3/t13-,14-,16?/m0/s1. The van der Waals surface area contributed by atoms with Crippen LogP contribution in [0.3, 0.4) is 0 Å². The van der Waals surface area contributed by atoms with Gasteiger partial charge in [0.05, 0.1) is 12.9 Å². The smallest absolute Gasteiger partial charge is 0.0959 e. The number of ether oxygens (including phenoxy) is 1. The summed E-state index contributed by atoms with van der Waals surface area (Å²) < 4.78 is 5.41. The minimum absolute atomic E-state index is 0.837. The lowest BCUT2D eigenvalue weighted by molar-refractivity contribution is 0.276. The fourth-order valence-electron chi connectivity index (χ4n) is 3.92. The second-order valence-corrected chi connectivity index (χ2v) is 11.7. The molecule has 3 atom stereocenters. The van der Waals surface area contributed by atoms with E-state index in [4.69, 9.17) is 16.5 Å². The van der Waals surface area contributed by atoms with Gasteiger partial charge < -0.3 is 4.74 Å². The Balaban J connectivity index is 1.88. The summed E-state index contributed by atoms with van der Waals surface area (Å²) in [6, 6.07) is -1.01. The maximum absolute atomic E-state index is 5.89. The first-order valence-electron chi connectivity index (χ1n) is 6.62. The molecule has 0 aromatic rings. The minimum Gasteiger partial charge on any atom is -0.501 e. The highest BCUT2D eigenvalue weighted by atomic mass is 32.4. The van der Waals surface area contributed by atoms with Crippen molar-refractivity contribution in [2.45, 2.75) is 37.8 Å². The fourth-order valence-corrected chi connectivity index (χ4v) is 7.88. The predicted octanol–water partition coefficient (Wildman–Crippen LogP) is 3.90. The molecule has 0 spiro atoms. The summed E-state index contributed by atoms with van der Waals surface area (Å²) in [5, 5.41) is 0. The third-order valence-corrected chi connectivity index (χ3v) is 9.42. The van der Waals surface area contributed by atoms with Gasteiger partial charge in [-0.1, -0.05) is 23.0 Å². The van der Waals surface area contributed by atoms with Gasteiger partial charge in [0.2, 0.25) is 0 Å². The second-order valence-electron chi connectivity index (χ2n) is 5.78. The van der Waals surface area contributed by atoms with Crippen molar-refractivity contribution >= 4 is 17.8 Å². The van der Waals surface area contributed by atoms with Crippen molar-refractivity contribution < 1.29 is 4.74 Å². The summed E-state index contributed by atoms with van der Waals surface area (Å²) >= 11 is 5.89. The van der Waals surface area contributed by atoms with Crippen LogP contribution >= 0.6 is 6.04 Å². The molecule has 1 saturated heterocycles. The zero-order valence-electron chi connectivity index (χ0n) is 10.7. The molecule has 1 heterocycles. The van der Waals surface area contributed by atoms with Gasteiger partial charge >= 0.3 is 0 Å². The van der Waals surface area contributed by atoms with Crippen LogP contribution < -0.4 is 0 Å². The van der Waals surface area contributed by atoms with E-state index in [0.717, 1.165) is 24.4 Å². The predicted molar refractivity (Wildman–Crippen MR) is 77.6 cm³/mol. The SMILES string of the molecule is COC1=CCC2=C(CC[C@H]3[C@H]2CCP3(C)=S)C1. The van der Waals surface area contributed by atoms with Crippen LogP contribution in [0.2, 0.25) is 0 Å². The summed E-state index contributed by atoms with van der Waals surface area (Å²) in [6.07, 6.45) is 9.84. The van der Waals surface area contributed by atoms with Gasteiger partial charge in [0.1, 0.15) is 0 Å². The number of methoxy groups -OCH3 is 1. The Morgan fingerprint density at radius 2 is 2.24 bits per heavy atom. The number of allylic oxidation sites excluding steroid dienone is 3. The monoisotopic (exact) mass is 268 g/mol. The van der Waals surface area contributed by atoms with Crippen molar-refractivity contribution in [3.63, 3.8) is 0 Å². The van der Waals surface area contributed by atoms with Crippen LogP contribution in [0.1, 0.15) is 32.1 Å². The lowest BCUT2D eigenvalue weighted by Crippen LogP contribution is -2.24. The molecule has 0 N–H and O–H groups in total. The van der Waals surface area contributed by atoms with Gasteiger partial charge in [-0.25, -0.2) is 0 Å². The molecule has 94 valence electrons. The van der Waals surface area contributed by atoms with E-state index in [1.165, 1.54) is 31.2 Å². The molecule has 0 radical (unpaired) electrons. The van der Waals surface area contributed by atoms with Crippen molar-refractivity contribution in [2.24, 2.45) is 5.92 Å². The molecule has 2 aliphatic carbocycles. The minimum atomic E-state index is -1.01. The third-order valence-electron chi connectivity index (χ3n) is 4.89. The molecule has 3 heteroatoms. The van der Waals surface area contributed by atoms with Crippen LogP contribution in [0.25, 0.3) is 0 Å². The van der Waals surface area contributed by atoms with Gasteiger partial charge in [0.25, 0.3) is 0 Å². The highest BCUT2D eigenvalue weighted by Gasteiger charge is 2.42. The highest BCUT2D eigenvalue weighted by Crippen LogP contribution is 2.63. The molecule has 17 heavy (non-hydrogen) atoms. The van der Waals surface area contributed by atoms with Crippen LogP contribution in [-0.4, -0.2) is 25.6 Å². The number of rotatable bonds is 1. The molecule has 1 nitrogen and oxygen atoms in total. The Kier molecular flexibility index (Phi) is 2.99. The number of hydrogen-bond acceptors (Lipinski definition) is 2. The first kappa shape index (κ1) is 12.0. The molecule has 1 fully saturated rings. The topological polar surface area (TPSA) is 9.23 Å². The molecule has 0 bridgehead atoms. The van der Waals surface area contributed by atoms with E-state index in [-0.39, 0.29) is 0 Å². The van der Waals surface area contributed by atoms with E-state index in [2.05, 4.69) is 12.7 Å². The van der Waals surface area contributed by atoms with Gasteiger partial charge in [0, 0.05) is 6.42 Å². The molecule has 0 aromatic carbocycles. The first-order chi connectivity index (χ1) is 8.12. The summed E-state index contributed by atoms with van der Waals surface area (Å²) in [5.41, 5.74) is 4.30. The molecule has 3 rings (SSSR count). The van der Waals surface area contributed by atoms with E-state index in [0.29, 0.717) is 0 Å². The lowest BCUT2D eigenvalue weighted by Gasteiger charge is -2.35. The Labute approximate surface area is 109 Å². The van der Waals surface area contributed by atoms with Crippen molar-refractivity contribution in [3.05, 3.63) is 23.0 Å². The average molecular weight is 268 g/mol. The Morgan fingerprint density at radius 3 is 3.00 bits per heavy atom. The van der Waals surface area contributed by atoms with Gasteiger partial charge in [-0.3, -0.25) is 0 Å². The van der Waals surface area contributed by atoms with Crippen molar-refractivity contribution in [2.75, 3.05) is 19.9 Å². The lowest BCUT2D eigenvalue weighted by atomic mass is 9.76. The fraction of sp³-hybridized carbons (Fsp3) is 0.714. The Bertz CT molecular complexity index is 449. The van der Waals surface area contributed by atoms with E-state index >= 15 is 0 Å². The van der Waals surface area contributed by atoms with Crippen LogP contribution in [0.4, 0.5) is 0 Å². The third kappa shape index (κ3) is 1.94. The maximum atomic E-state index is 5.89. The zero-order valence-corrected chi connectivity index (χ0v) is 12.4. The van der Waals surface area contributed by atoms with Crippen molar-refractivity contribution in [3.8, 4) is 0 Å². The van der Waals surface area contributed by atoms with Crippen molar-refractivity contribution in [1.29, 1.82) is 0 Å². The van der Waals surface area contributed by atoms with Crippen LogP contribution in [-0.2, 0) is 16.5 Å². The zero-order chi connectivity index (χ0) is 12.0. The molecule has 3 aliphatic rings. The number of fused-ring (bicyclic) bond motifs is 2. The molecular weight excluding hydrogens is 247 g/mol. The number of hydrogen-bond donors (Lipinski definition) is 0. The van der Waals surface area contributed by atoms with Gasteiger partial charge in [0.15, 0.2) is 0 Å². The second kappa shape index (κ2) is 4.24. The molecule has 0 amide bonds. The van der Waals surface area contributed by atoms with Crippen molar-refractivity contribution in [1.82, 2.24) is 0 Å². The van der Waals surface area contributed by atoms with E-state index in [1.807, 2.05) is 0 Å². The van der Waals surface area contributed by atoms with Crippen LogP contribution in [0.15, 0.2) is 23.0 Å².